The van der Waals surface area contributed by atoms with Crippen molar-refractivity contribution in [1.29, 1.82) is 0 Å². The molecule has 2 unspecified atom stereocenters. The zero-order chi connectivity index (χ0) is 21.3. The topological polar surface area (TPSA) is 147 Å². The van der Waals surface area contributed by atoms with E-state index in [4.69, 9.17) is 10.6 Å². The fourth-order valence-corrected chi connectivity index (χ4v) is 4.19. The van der Waals surface area contributed by atoms with Crippen molar-refractivity contribution in [3.05, 3.63) is 35.7 Å². The van der Waals surface area contributed by atoms with Crippen LogP contribution in [-0.2, 0) is 19.2 Å². The van der Waals surface area contributed by atoms with Gasteiger partial charge in [-0.15, -0.1) is 11.8 Å². The molecule has 2 aliphatic rings. The van der Waals surface area contributed by atoms with E-state index in [1.54, 1.807) is 39.0 Å². The van der Waals surface area contributed by atoms with Crippen molar-refractivity contribution in [3.63, 3.8) is 0 Å². The van der Waals surface area contributed by atoms with E-state index in [-0.39, 0.29) is 34.2 Å². The quantitative estimate of drug-likeness (QED) is 0.344. The Bertz CT molecular complexity index is 916. The Labute approximate surface area is 171 Å². The summed E-state index contributed by atoms with van der Waals surface area (Å²) in [7, 11) is 0. The number of nitrogens with two attached hydrogens (primary N) is 1. The number of carbonyl (C=O) groups excluding carboxylic acids is 2. The lowest BCUT2D eigenvalue weighted by Crippen LogP contribution is -2.69. The highest BCUT2D eigenvalue weighted by atomic mass is 32.2. The molecule has 0 saturated carbocycles. The predicted molar refractivity (Wildman–Crippen MR) is 107 cm³/mol. The van der Waals surface area contributed by atoms with Gasteiger partial charge in [0, 0.05) is 11.4 Å². The number of aliphatic carboxylic acids is 1. The normalized spacial score (nSPS) is 23.8. The van der Waals surface area contributed by atoms with Gasteiger partial charge < -0.3 is 25.9 Å². The second-order valence-corrected chi connectivity index (χ2v) is 8.26. The number of oxime groups is 1. The number of carbonyl (C=O) groups is 3. The Kier molecular flexibility index (Phi) is 5.78. The van der Waals surface area contributed by atoms with Gasteiger partial charge in [-0.05, 0) is 32.9 Å². The maximum atomic E-state index is 12.9. The maximum Gasteiger partial charge on any atom is 0.334 e. The number of carboxylic acids is 1. The highest BCUT2D eigenvalue weighted by molar-refractivity contribution is 8.00. The van der Waals surface area contributed by atoms with Gasteiger partial charge in [0.25, 0.3) is 11.8 Å². The number of carboxylic acid groups (broad SMARTS) is 1. The van der Waals surface area contributed by atoms with E-state index in [1.807, 2.05) is 0 Å². The van der Waals surface area contributed by atoms with Gasteiger partial charge in [0.15, 0.2) is 5.71 Å². The number of pyridine rings is 1. The van der Waals surface area contributed by atoms with Crippen molar-refractivity contribution < 1.29 is 24.3 Å². The predicted octanol–water partition coefficient (Wildman–Crippen LogP) is 0.550. The average molecular weight is 419 g/mol. The van der Waals surface area contributed by atoms with E-state index in [0.717, 1.165) is 0 Å². The second-order valence-electron chi connectivity index (χ2n) is 6.80. The van der Waals surface area contributed by atoms with E-state index in [9.17, 15) is 19.5 Å². The smallest absolute Gasteiger partial charge is 0.334 e. The van der Waals surface area contributed by atoms with Gasteiger partial charge in [-0.2, -0.15) is 0 Å². The van der Waals surface area contributed by atoms with Crippen LogP contribution in [0.5, 0.6) is 0 Å². The molecule has 4 N–H and O–H groups in total. The highest BCUT2D eigenvalue weighted by Crippen LogP contribution is 2.40. The Morgan fingerprint density at radius 2 is 2.14 bits per heavy atom. The van der Waals surface area contributed by atoms with Gasteiger partial charge in [0.1, 0.15) is 29.0 Å². The summed E-state index contributed by atoms with van der Waals surface area (Å²) in [6, 6.07) is 3.95. The number of fused-ring (bicyclic) bond motifs is 1. The standard InChI is InChI=1S/C18H21N5O5S/c1-8(2)28-22-13(11-5-4-6-12(19)20-11)15(24)21-14-16(25)23-7-10(18(26)27)9(3)29-17(14)23/h4-9,14,17H,1-3H3,(H2,19,20)(H,21,24)(H,26,27)/t9?,14?,17-/m1/s1. The number of thioether (sulfide) groups is 1. The number of hydrogen-bond donors (Lipinski definition) is 3. The number of nitrogens with one attached hydrogen (secondary N) is 1. The molecule has 2 amide bonds. The van der Waals surface area contributed by atoms with Crippen LogP contribution in [0, 0.1) is 0 Å². The summed E-state index contributed by atoms with van der Waals surface area (Å²) in [5.74, 6) is -1.90. The third kappa shape index (κ3) is 4.19. The molecule has 3 heterocycles. The third-order valence-electron chi connectivity index (χ3n) is 4.26. The summed E-state index contributed by atoms with van der Waals surface area (Å²) in [6.07, 6.45) is 1.06. The van der Waals surface area contributed by atoms with Crippen LogP contribution in [0.4, 0.5) is 5.82 Å². The molecule has 3 atom stereocenters. The van der Waals surface area contributed by atoms with E-state index >= 15 is 0 Å². The van der Waals surface area contributed by atoms with Crippen molar-refractivity contribution in [3.8, 4) is 0 Å². The average Bonchev–Trinajstić information content (AvgIpc) is 2.65. The summed E-state index contributed by atoms with van der Waals surface area (Å²) in [4.78, 5) is 47.2. The van der Waals surface area contributed by atoms with Crippen LogP contribution >= 0.6 is 11.8 Å². The third-order valence-corrected chi connectivity index (χ3v) is 5.70. The molecular formula is C18H21N5O5S. The van der Waals surface area contributed by atoms with Crippen molar-refractivity contribution in [2.45, 2.75) is 43.5 Å². The van der Waals surface area contributed by atoms with Crippen molar-refractivity contribution in [1.82, 2.24) is 15.2 Å². The zero-order valence-electron chi connectivity index (χ0n) is 16.0. The first-order valence-electron chi connectivity index (χ1n) is 8.89. The second kappa shape index (κ2) is 8.11. The van der Waals surface area contributed by atoms with Crippen LogP contribution in [0.1, 0.15) is 26.5 Å². The van der Waals surface area contributed by atoms with Crippen LogP contribution in [0.2, 0.25) is 0 Å². The van der Waals surface area contributed by atoms with Gasteiger partial charge in [-0.25, -0.2) is 9.78 Å². The lowest BCUT2D eigenvalue weighted by atomic mass is 10.1. The summed E-state index contributed by atoms with van der Waals surface area (Å²) in [5, 5.41) is 15.0. The molecule has 0 radical (unpaired) electrons. The fraction of sp³-hybridized carbons (Fsp3) is 0.389. The minimum atomic E-state index is -1.07. The van der Waals surface area contributed by atoms with Crippen LogP contribution in [-0.4, -0.2) is 61.3 Å². The van der Waals surface area contributed by atoms with E-state index in [2.05, 4.69) is 15.5 Å². The molecule has 10 nitrogen and oxygen atoms in total. The molecule has 0 aliphatic carbocycles. The monoisotopic (exact) mass is 419 g/mol. The number of aromatic nitrogens is 1. The number of anilines is 1. The number of amides is 2. The maximum absolute atomic E-state index is 12.9. The van der Waals surface area contributed by atoms with E-state index < -0.39 is 29.2 Å². The lowest BCUT2D eigenvalue weighted by molar-refractivity contribution is -0.144. The molecule has 0 spiro atoms. The minimum Gasteiger partial charge on any atom is -0.478 e. The first kappa shape index (κ1) is 20.6. The van der Waals surface area contributed by atoms with Crippen molar-refractivity contribution in [2.75, 3.05) is 5.73 Å². The zero-order valence-corrected chi connectivity index (χ0v) is 16.8. The van der Waals surface area contributed by atoms with Gasteiger partial charge in [0.05, 0.1) is 5.57 Å². The van der Waals surface area contributed by atoms with Gasteiger partial charge in [-0.1, -0.05) is 11.2 Å². The van der Waals surface area contributed by atoms with Crippen LogP contribution < -0.4 is 11.1 Å². The SMILES string of the molecule is CC(C)ON=C(C(=O)NC1C(=O)N2C=C(C(=O)O)C(C)S[C@H]12)c1cccc(N)n1. The van der Waals surface area contributed by atoms with Gasteiger partial charge in [0.2, 0.25) is 0 Å². The van der Waals surface area contributed by atoms with Crippen LogP contribution in [0.25, 0.3) is 0 Å². The Morgan fingerprint density at radius 3 is 2.76 bits per heavy atom. The van der Waals surface area contributed by atoms with E-state index in [0.29, 0.717) is 0 Å². The highest BCUT2D eigenvalue weighted by Gasteiger charge is 2.51. The largest absolute Gasteiger partial charge is 0.478 e. The molecule has 1 aromatic rings. The van der Waals surface area contributed by atoms with Crippen LogP contribution in [0.3, 0.4) is 0 Å². The molecule has 29 heavy (non-hydrogen) atoms. The number of β-lactam (4-membered cyclic amide) rings is 1. The molecular weight excluding hydrogens is 398 g/mol. The lowest BCUT2D eigenvalue weighted by Gasteiger charge is -2.48. The minimum absolute atomic E-state index is 0.104. The molecule has 1 aromatic heterocycles. The Balaban J connectivity index is 1.80. The summed E-state index contributed by atoms with van der Waals surface area (Å²) in [5.41, 5.74) is 5.94. The number of rotatable bonds is 6. The first-order valence-corrected chi connectivity index (χ1v) is 9.83. The number of nitrogens with zero attached hydrogens (tertiary/aromatic N) is 3. The van der Waals surface area contributed by atoms with Crippen LogP contribution in [0.15, 0.2) is 35.1 Å². The summed E-state index contributed by atoms with van der Waals surface area (Å²) in [6.45, 7) is 5.25. The Morgan fingerprint density at radius 1 is 1.41 bits per heavy atom. The van der Waals surface area contributed by atoms with Gasteiger partial charge in [-0.3, -0.25) is 9.59 Å². The first-order chi connectivity index (χ1) is 13.7. The molecule has 1 fully saturated rings. The molecule has 0 bridgehead atoms. The fourth-order valence-electron chi connectivity index (χ4n) is 2.82. The Hall–Kier alpha value is -3.08. The molecule has 1 saturated heterocycles. The van der Waals surface area contributed by atoms with Crippen molar-refractivity contribution >= 4 is 41.1 Å². The summed E-state index contributed by atoms with van der Waals surface area (Å²) < 4.78 is 0. The van der Waals surface area contributed by atoms with Crippen molar-refractivity contribution in [2.24, 2.45) is 5.16 Å². The molecule has 3 rings (SSSR count). The molecule has 11 heteroatoms. The molecule has 2 aliphatic heterocycles. The molecule has 0 aromatic carbocycles. The molecule has 154 valence electrons. The summed E-state index contributed by atoms with van der Waals surface area (Å²) >= 11 is 1.29. The van der Waals surface area contributed by atoms with Gasteiger partial charge >= 0.3 is 5.97 Å². The number of hydrogen-bond acceptors (Lipinski definition) is 8. The number of nitrogen functional groups attached to an aromatic ring is 1. The van der Waals surface area contributed by atoms with E-state index in [1.165, 1.54) is 22.9 Å².